The number of hydrogen-bond donors (Lipinski definition) is 0. The molecule has 4 rings (SSSR count). The van der Waals surface area contributed by atoms with Crippen LogP contribution in [0.15, 0.2) is 54.7 Å². The van der Waals surface area contributed by atoms with Gasteiger partial charge < -0.3 is 4.57 Å². The van der Waals surface area contributed by atoms with Crippen LogP contribution in [-0.2, 0) is 6.54 Å². The molecule has 2 nitrogen and oxygen atoms in total. The summed E-state index contributed by atoms with van der Waals surface area (Å²) in [6.45, 7) is 7.70. The van der Waals surface area contributed by atoms with E-state index in [1.54, 1.807) is 0 Å². The van der Waals surface area contributed by atoms with E-state index in [9.17, 15) is 0 Å². The fourth-order valence-corrected chi connectivity index (χ4v) is 3.73. The lowest BCUT2D eigenvalue weighted by Gasteiger charge is -2.12. The Labute approximate surface area is 142 Å². The van der Waals surface area contributed by atoms with Crippen molar-refractivity contribution in [3.8, 4) is 11.3 Å². The van der Waals surface area contributed by atoms with Gasteiger partial charge in [0.15, 0.2) is 0 Å². The monoisotopic (exact) mass is 314 g/mol. The molecule has 0 saturated carbocycles. The summed E-state index contributed by atoms with van der Waals surface area (Å²) >= 11 is 0. The molecule has 0 spiro atoms. The number of nitrogens with zero attached hydrogens (tertiary/aromatic N) is 2. The van der Waals surface area contributed by atoms with Gasteiger partial charge in [-0.25, -0.2) is 0 Å². The third kappa shape index (κ3) is 2.14. The van der Waals surface area contributed by atoms with Crippen molar-refractivity contribution in [2.45, 2.75) is 33.7 Å². The molecular weight excluding hydrogens is 292 g/mol. The number of rotatable bonds is 3. The Hall–Kier alpha value is -2.61. The molecule has 0 fully saturated rings. The minimum absolute atomic E-state index is 1.03. The van der Waals surface area contributed by atoms with E-state index in [-0.39, 0.29) is 0 Å². The van der Waals surface area contributed by atoms with Crippen LogP contribution in [0.3, 0.4) is 0 Å². The zero-order valence-electron chi connectivity index (χ0n) is 14.5. The SMILES string of the molecule is CCCn1c(C)c(C)c2ccnc(-c3cccc4ccccc34)c21. The first kappa shape index (κ1) is 14.9. The maximum absolute atomic E-state index is 4.80. The molecule has 120 valence electrons. The van der Waals surface area contributed by atoms with Gasteiger partial charge in [-0.2, -0.15) is 0 Å². The van der Waals surface area contributed by atoms with Crippen LogP contribution in [-0.4, -0.2) is 9.55 Å². The van der Waals surface area contributed by atoms with E-state index in [0.29, 0.717) is 0 Å². The van der Waals surface area contributed by atoms with Gasteiger partial charge in [-0.3, -0.25) is 4.98 Å². The predicted molar refractivity (Wildman–Crippen MR) is 102 cm³/mol. The molecule has 2 aromatic heterocycles. The van der Waals surface area contributed by atoms with Crippen molar-refractivity contribution in [1.82, 2.24) is 9.55 Å². The van der Waals surface area contributed by atoms with Gasteiger partial charge in [0.05, 0.1) is 11.2 Å². The van der Waals surface area contributed by atoms with Crippen LogP contribution in [0.4, 0.5) is 0 Å². The highest BCUT2D eigenvalue weighted by atomic mass is 15.0. The zero-order chi connectivity index (χ0) is 16.7. The van der Waals surface area contributed by atoms with Gasteiger partial charge >= 0.3 is 0 Å². The quantitative estimate of drug-likeness (QED) is 0.461. The van der Waals surface area contributed by atoms with Gasteiger partial charge in [0.1, 0.15) is 0 Å². The lowest BCUT2D eigenvalue weighted by atomic mass is 10.0. The van der Waals surface area contributed by atoms with Gasteiger partial charge in [-0.15, -0.1) is 0 Å². The lowest BCUT2D eigenvalue weighted by Crippen LogP contribution is -2.01. The van der Waals surface area contributed by atoms with Crippen LogP contribution in [0, 0.1) is 13.8 Å². The minimum atomic E-state index is 1.03. The molecule has 2 aromatic carbocycles. The van der Waals surface area contributed by atoms with Crippen LogP contribution in [0.5, 0.6) is 0 Å². The molecule has 24 heavy (non-hydrogen) atoms. The van der Waals surface area contributed by atoms with E-state index in [1.807, 2.05) is 6.20 Å². The number of benzene rings is 2. The molecule has 0 amide bonds. The highest BCUT2D eigenvalue weighted by Crippen LogP contribution is 2.35. The summed E-state index contributed by atoms with van der Waals surface area (Å²) in [4.78, 5) is 4.80. The second kappa shape index (κ2) is 5.79. The molecule has 4 aromatic rings. The Bertz CT molecular complexity index is 1040. The first-order valence-corrected chi connectivity index (χ1v) is 8.65. The Morgan fingerprint density at radius 2 is 1.71 bits per heavy atom. The second-order valence-corrected chi connectivity index (χ2v) is 6.44. The summed E-state index contributed by atoms with van der Waals surface area (Å²) < 4.78 is 2.44. The summed E-state index contributed by atoms with van der Waals surface area (Å²) in [6, 6.07) is 17.2. The van der Waals surface area contributed by atoms with Crippen molar-refractivity contribution < 1.29 is 0 Å². The number of pyridine rings is 1. The average molecular weight is 314 g/mol. The van der Waals surface area contributed by atoms with E-state index < -0.39 is 0 Å². The molecule has 0 saturated heterocycles. The lowest BCUT2D eigenvalue weighted by molar-refractivity contribution is 0.683. The summed E-state index contributed by atoms with van der Waals surface area (Å²) in [6.07, 6.45) is 3.07. The van der Waals surface area contributed by atoms with E-state index in [0.717, 1.165) is 18.7 Å². The van der Waals surface area contributed by atoms with E-state index in [1.165, 1.54) is 38.5 Å². The molecule has 0 bridgehead atoms. The Morgan fingerprint density at radius 1 is 0.917 bits per heavy atom. The van der Waals surface area contributed by atoms with Gasteiger partial charge in [0, 0.05) is 29.4 Å². The van der Waals surface area contributed by atoms with Crippen LogP contribution in [0.1, 0.15) is 24.6 Å². The first-order chi connectivity index (χ1) is 11.7. The van der Waals surface area contributed by atoms with Crippen LogP contribution >= 0.6 is 0 Å². The third-order valence-electron chi connectivity index (χ3n) is 5.04. The minimum Gasteiger partial charge on any atom is -0.343 e. The molecular formula is C22H22N2. The maximum atomic E-state index is 4.80. The van der Waals surface area contributed by atoms with Crippen molar-refractivity contribution in [3.05, 3.63) is 66.0 Å². The Morgan fingerprint density at radius 3 is 2.54 bits per heavy atom. The first-order valence-electron chi connectivity index (χ1n) is 8.65. The fourth-order valence-electron chi connectivity index (χ4n) is 3.73. The van der Waals surface area contributed by atoms with Crippen LogP contribution in [0.2, 0.25) is 0 Å². The van der Waals surface area contributed by atoms with Crippen molar-refractivity contribution in [3.63, 3.8) is 0 Å². The third-order valence-corrected chi connectivity index (χ3v) is 5.04. The Balaban J connectivity index is 2.12. The molecule has 0 aliphatic heterocycles. The van der Waals surface area contributed by atoms with E-state index in [2.05, 4.69) is 73.9 Å². The topological polar surface area (TPSA) is 17.8 Å². The molecule has 2 heteroatoms. The van der Waals surface area contributed by atoms with Gasteiger partial charge in [-0.05, 0) is 42.7 Å². The maximum Gasteiger partial charge on any atom is 0.0951 e. The highest BCUT2D eigenvalue weighted by molar-refractivity contribution is 6.03. The summed E-state index contributed by atoms with van der Waals surface area (Å²) in [7, 11) is 0. The van der Waals surface area contributed by atoms with Crippen molar-refractivity contribution in [2.75, 3.05) is 0 Å². The molecule has 2 heterocycles. The number of hydrogen-bond acceptors (Lipinski definition) is 1. The molecule has 0 radical (unpaired) electrons. The summed E-state index contributed by atoms with van der Waals surface area (Å²) in [5, 5.41) is 3.84. The fraction of sp³-hybridized carbons (Fsp3) is 0.227. The number of fused-ring (bicyclic) bond motifs is 2. The largest absolute Gasteiger partial charge is 0.343 e. The Kier molecular flexibility index (Phi) is 3.61. The highest BCUT2D eigenvalue weighted by Gasteiger charge is 2.17. The number of aromatic nitrogens is 2. The zero-order valence-corrected chi connectivity index (χ0v) is 14.5. The van der Waals surface area contributed by atoms with Gasteiger partial charge in [0.2, 0.25) is 0 Å². The smallest absolute Gasteiger partial charge is 0.0951 e. The van der Waals surface area contributed by atoms with Crippen molar-refractivity contribution in [2.24, 2.45) is 0 Å². The van der Waals surface area contributed by atoms with Crippen LogP contribution < -0.4 is 0 Å². The number of aryl methyl sites for hydroxylation is 2. The van der Waals surface area contributed by atoms with Crippen molar-refractivity contribution in [1.29, 1.82) is 0 Å². The molecule has 0 N–H and O–H groups in total. The van der Waals surface area contributed by atoms with E-state index in [4.69, 9.17) is 4.98 Å². The predicted octanol–water partition coefficient (Wildman–Crippen LogP) is 5.88. The molecule has 0 atom stereocenters. The standard InChI is InChI=1S/C22H22N2/c1-4-14-24-16(3)15(2)18-12-13-23-21(22(18)24)20-11-7-9-17-8-5-6-10-19(17)20/h5-13H,4,14H2,1-3H3. The second-order valence-electron chi connectivity index (χ2n) is 6.44. The summed E-state index contributed by atoms with van der Waals surface area (Å²) in [5.41, 5.74) is 6.29. The molecule has 0 aliphatic rings. The molecule has 0 aliphatic carbocycles. The van der Waals surface area contributed by atoms with Crippen LogP contribution in [0.25, 0.3) is 32.9 Å². The molecule has 0 unspecified atom stereocenters. The normalized spacial score (nSPS) is 11.5. The van der Waals surface area contributed by atoms with E-state index >= 15 is 0 Å². The van der Waals surface area contributed by atoms with Crippen molar-refractivity contribution >= 4 is 21.7 Å². The average Bonchev–Trinajstić information content (AvgIpc) is 2.87. The van der Waals surface area contributed by atoms with Gasteiger partial charge in [-0.1, -0.05) is 49.4 Å². The van der Waals surface area contributed by atoms with Gasteiger partial charge in [0.25, 0.3) is 0 Å². The summed E-state index contributed by atoms with van der Waals surface area (Å²) in [5.74, 6) is 0.